The predicted octanol–water partition coefficient (Wildman–Crippen LogP) is 2.71. The number of ether oxygens (including phenoxy) is 1. The highest BCUT2D eigenvalue weighted by Gasteiger charge is 2.38. The summed E-state index contributed by atoms with van der Waals surface area (Å²) in [5.41, 5.74) is 2.49. The zero-order chi connectivity index (χ0) is 26.0. The monoisotopic (exact) mass is 495 g/mol. The Morgan fingerprint density at radius 1 is 1.06 bits per heavy atom. The van der Waals surface area contributed by atoms with Gasteiger partial charge in [0.15, 0.2) is 0 Å². The fourth-order valence-corrected chi connectivity index (χ4v) is 3.31. The molecule has 1 saturated heterocycles. The number of halogens is 3. The maximum atomic E-state index is 13.2. The maximum Gasteiger partial charge on any atom is 0.490 e. The Bertz CT molecular complexity index is 1010. The molecule has 0 aromatic heterocycles. The van der Waals surface area contributed by atoms with E-state index in [4.69, 9.17) is 14.6 Å². The highest BCUT2D eigenvalue weighted by atomic mass is 19.4. The fraction of sp³-hybridized carbons (Fsp3) is 0.375. The van der Waals surface area contributed by atoms with Gasteiger partial charge in [0, 0.05) is 38.3 Å². The van der Waals surface area contributed by atoms with Crippen molar-refractivity contribution < 1.29 is 37.4 Å². The predicted molar refractivity (Wildman–Crippen MR) is 122 cm³/mol. The van der Waals surface area contributed by atoms with Gasteiger partial charge in [-0.25, -0.2) is 4.79 Å². The molecule has 190 valence electrons. The summed E-state index contributed by atoms with van der Waals surface area (Å²) in [5, 5.41) is 10.4. The molecular formula is C24H28F3N3O5. The van der Waals surface area contributed by atoms with E-state index in [0.717, 1.165) is 30.0 Å². The molecule has 1 fully saturated rings. The summed E-state index contributed by atoms with van der Waals surface area (Å²) in [7, 11) is 1.62. The van der Waals surface area contributed by atoms with E-state index in [1.165, 1.54) is 0 Å². The number of carbonyl (C=O) groups excluding carboxylic acids is 2. The number of nitrogens with one attached hydrogen (secondary N) is 1. The standard InChI is InChI=1S/C22H27N3O3.C2HF3O2/c1-17-5-3-4-6-20(17)22(27)25(15-18-7-9-19(28-2)10-8-18)16-21(26)24-13-11-23-12-14-24;3-2(4,5)1(6)7/h3-10,23H,11-16H2,1-2H3;(H,6,7). The Balaban J connectivity index is 0.000000540. The van der Waals surface area contributed by atoms with Gasteiger partial charge in [0.1, 0.15) is 12.3 Å². The van der Waals surface area contributed by atoms with Gasteiger partial charge in [-0.05, 0) is 36.2 Å². The molecule has 2 amide bonds. The lowest BCUT2D eigenvalue weighted by molar-refractivity contribution is -0.192. The summed E-state index contributed by atoms with van der Waals surface area (Å²) in [6.07, 6.45) is -5.08. The molecule has 2 N–H and O–H groups in total. The van der Waals surface area contributed by atoms with Crippen LogP contribution in [0, 0.1) is 6.92 Å². The number of nitrogens with zero attached hydrogens (tertiary/aromatic N) is 2. The fourth-order valence-electron chi connectivity index (χ4n) is 3.31. The molecule has 0 saturated carbocycles. The number of carboxylic acid groups (broad SMARTS) is 1. The van der Waals surface area contributed by atoms with Crippen molar-refractivity contribution in [1.82, 2.24) is 15.1 Å². The number of hydrogen-bond acceptors (Lipinski definition) is 5. The van der Waals surface area contributed by atoms with E-state index in [1.54, 1.807) is 12.0 Å². The van der Waals surface area contributed by atoms with E-state index in [0.29, 0.717) is 25.2 Å². The summed E-state index contributed by atoms with van der Waals surface area (Å²) >= 11 is 0. The molecule has 1 heterocycles. The number of carbonyl (C=O) groups is 3. The van der Waals surface area contributed by atoms with Crippen molar-refractivity contribution in [2.24, 2.45) is 0 Å². The van der Waals surface area contributed by atoms with Crippen LogP contribution in [0.5, 0.6) is 5.75 Å². The lowest BCUT2D eigenvalue weighted by Crippen LogP contribution is -2.50. The van der Waals surface area contributed by atoms with Crippen molar-refractivity contribution in [1.29, 1.82) is 0 Å². The van der Waals surface area contributed by atoms with Crippen LogP contribution < -0.4 is 10.1 Å². The van der Waals surface area contributed by atoms with E-state index in [9.17, 15) is 22.8 Å². The summed E-state index contributed by atoms with van der Waals surface area (Å²) in [4.78, 5) is 38.4. The third-order valence-electron chi connectivity index (χ3n) is 5.23. The Morgan fingerprint density at radius 2 is 1.63 bits per heavy atom. The largest absolute Gasteiger partial charge is 0.497 e. The first-order valence-corrected chi connectivity index (χ1v) is 10.8. The van der Waals surface area contributed by atoms with Gasteiger partial charge in [-0.15, -0.1) is 0 Å². The van der Waals surface area contributed by atoms with Crippen molar-refractivity contribution in [3.63, 3.8) is 0 Å². The molecular weight excluding hydrogens is 467 g/mol. The number of alkyl halides is 3. The van der Waals surface area contributed by atoms with Crippen LogP contribution in [-0.2, 0) is 16.1 Å². The Hall–Kier alpha value is -3.60. The number of hydrogen-bond donors (Lipinski definition) is 2. The molecule has 0 radical (unpaired) electrons. The number of aryl methyl sites for hydroxylation is 1. The average Bonchev–Trinajstić information content (AvgIpc) is 2.84. The van der Waals surface area contributed by atoms with Crippen LogP contribution in [-0.4, -0.2) is 78.7 Å². The molecule has 0 spiro atoms. The van der Waals surface area contributed by atoms with Crippen LogP contribution in [0.3, 0.4) is 0 Å². The van der Waals surface area contributed by atoms with Crippen LogP contribution in [0.1, 0.15) is 21.5 Å². The van der Waals surface area contributed by atoms with Gasteiger partial charge in [-0.1, -0.05) is 30.3 Å². The van der Waals surface area contributed by atoms with E-state index < -0.39 is 12.1 Å². The van der Waals surface area contributed by atoms with Crippen LogP contribution in [0.2, 0.25) is 0 Å². The van der Waals surface area contributed by atoms with Crippen molar-refractivity contribution in [3.05, 3.63) is 65.2 Å². The lowest BCUT2D eigenvalue weighted by atomic mass is 10.1. The van der Waals surface area contributed by atoms with Gasteiger partial charge in [0.25, 0.3) is 5.91 Å². The number of aliphatic carboxylic acids is 1. The molecule has 8 nitrogen and oxygen atoms in total. The molecule has 1 aliphatic heterocycles. The minimum absolute atomic E-state index is 0.0167. The van der Waals surface area contributed by atoms with Gasteiger partial charge in [0.2, 0.25) is 5.91 Å². The quantitative estimate of drug-likeness (QED) is 0.640. The van der Waals surface area contributed by atoms with Crippen molar-refractivity contribution >= 4 is 17.8 Å². The maximum absolute atomic E-state index is 13.2. The zero-order valence-electron chi connectivity index (χ0n) is 19.5. The minimum atomic E-state index is -5.08. The topological polar surface area (TPSA) is 99.2 Å². The van der Waals surface area contributed by atoms with Crippen LogP contribution in [0.4, 0.5) is 13.2 Å². The Kier molecular flexibility index (Phi) is 10.1. The number of methoxy groups -OCH3 is 1. The second-order valence-electron chi connectivity index (χ2n) is 7.76. The number of benzene rings is 2. The molecule has 1 aliphatic rings. The number of amides is 2. The number of carboxylic acids is 1. The summed E-state index contributed by atoms with van der Waals surface area (Å²) in [6.45, 7) is 5.28. The highest BCUT2D eigenvalue weighted by Crippen LogP contribution is 2.17. The van der Waals surface area contributed by atoms with Crippen molar-refractivity contribution in [2.45, 2.75) is 19.6 Å². The Labute approximate surface area is 201 Å². The molecule has 2 aromatic rings. The van der Waals surface area contributed by atoms with Crippen LogP contribution >= 0.6 is 0 Å². The third kappa shape index (κ3) is 8.60. The first kappa shape index (κ1) is 27.6. The molecule has 11 heteroatoms. The van der Waals surface area contributed by atoms with E-state index >= 15 is 0 Å². The molecule has 0 aliphatic carbocycles. The second kappa shape index (κ2) is 12.7. The van der Waals surface area contributed by atoms with Crippen LogP contribution in [0.25, 0.3) is 0 Å². The average molecular weight is 495 g/mol. The van der Waals surface area contributed by atoms with Gasteiger partial charge in [0.05, 0.1) is 7.11 Å². The van der Waals surface area contributed by atoms with E-state index in [2.05, 4.69) is 5.32 Å². The van der Waals surface area contributed by atoms with Crippen molar-refractivity contribution in [2.75, 3.05) is 39.8 Å². The molecule has 3 rings (SSSR count). The van der Waals surface area contributed by atoms with E-state index in [1.807, 2.05) is 60.4 Å². The molecule has 0 bridgehead atoms. The summed E-state index contributed by atoms with van der Waals surface area (Å²) < 4.78 is 36.9. The Morgan fingerprint density at radius 3 is 2.14 bits per heavy atom. The van der Waals surface area contributed by atoms with Crippen LogP contribution in [0.15, 0.2) is 48.5 Å². The smallest absolute Gasteiger partial charge is 0.490 e. The SMILES string of the molecule is COc1ccc(CN(CC(=O)N2CCNCC2)C(=O)c2ccccc2C)cc1.O=C(O)C(F)(F)F. The lowest BCUT2D eigenvalue weighted by Gasteiger charge is -2.30. The molecule has 0 unspecified atom stereocenters. The zero-order valence-corrected chi connectivity index (χ0v) is 19.5. The molecule has 0 atom stereocenters. The van der Waals surface area contributed by atoms with Gasteiger partial charge >= 0.3 is 12.1 Å². The normalized spacial score (nSPS) is 13.3. The first-order valence-electron chi connectivity index (χ1n) is 10.8. The summed E-state index contributed by atoms with van der Waals surface area (Å²) in [5.74, 6) is -2.14. The van der Waals surface area contributed by atoms with Gasteiger partial charge in [-0.2, -0.15) is 13.2 Å². The second-order valence-corrected chi connectivity index (χ2v) is 7.76. The minimum Gasteiger partial charge on any atom is -0.497 e. The van der Waals surface area contributed by atoms with Gasteiger partial charge in [-0.3, -0.25) is 9.59 Å². The number of piperazine rings is 1. The third-order valence-corrected chi connectivity index (χ3v) is 5.23. The number of rotatable bonds is 6. The van der Waals surface area contributed by atoms with E-state index in [-0.39, 0.29) is 18.4 Å². The van der Waals surface area contributed by atoms with Gasteiger partial charge < -0.3 is 25.0 Å². The molecule has 35 heavy (non-hydrogen) atoms. The first-order chi connectivity index (χ1) is 16.5. The molecule has 2 aromatic carbocycles. The van der Waals surface area contributed by atoms with Crippen molar-refractivity contribution in [3.8, 4) is 5.75 Å². The highest BCUT2D eigenvalue weighted by molar-refractivity contribution is 5.97. The summed E-state index contributed by atoms with van der Waals surface area (Å²) in [6, 6.07) is 15.1.